The molecule has 0 radical (unpaired) electrons. The van der Waals surface area contributed by atoms with Crippen LogP contribution in [0.15, 0.2) is 16.7 Å². The summed E-state index contributed by atoms with van der Waals surface area (Å²) in [6, 6.07) is 1.49. The number of carboxylic acids is 1. The number of ether oxygens (including phenoxy) is 2. The van der Waals surface area contributed by atoms with E-state index in [1.54, 1.807) is 0 Å². The molecule has 0 bridgehead atoms. The van der Waals surface area contributed by atoms with Crippen LogP contribution in [0, 0.1) is 0 Å². The Kier molecular flexibility index (Phi) is 4.04. The minimum atomic E-state index is -0.988. The highest BCUT2D eigenvalue weighted by molar-refractivity contribution is 5.87. The minimum Gasteiger partial charge on any atom is -0.478 e. The molecule has 1 saturated heterocycles. The van der Waals surface area contributed by atoms with Crippen LogP contribution in [-0.4, -0.2) is 29.4 Å². The number of hydrogen-bond acceptors (Lipinski definition) is 4. The van der Waals surface area contributed by atoms with Gasteiger partial charge in [-0.1, -0.05) is 0 Å². The summed E-state index contributed by atoms with van der Waals surface area (Å²) < 4.78 is 16.5. The van der Waals surface area contributed by atoms with Gasteiger partial charge < -0.3 is 19.0 Å². The minimum absolute atomic E-state index is 0.141. The van der Waals surface area contributed by atoms with E-state index in [1.807, 2.05) is 13.8 Å². The molecule has 2 atom stereocenters. The Bertz CT molecular complexity index is 401. The van der Waals surface area contributed by atoms with Crippen molar-refractivity contribution in [3.8, 4) is 0 Å². The van der Waals surface area contributed by atoms with Gasteiger partial charge in [-0.05, 0) is 32.8 Å². The zero-order valence-electron chi connectivity index (χ0n) is 10.6. The number of hydrogen-bond donors (Lipinski definition) is 1. The molecule has 1 fully saturated rings. The van der Waals surface area contributed by atoms with Crippen molar-refractivity contribution in [2.75, 3.05) is 0 Å². The predicted molar refractivity (Wildman–Crippen MR) is 63.5 cm³/mol. The van der Waals surface area contributed by atoms with E-state index in [4.69, 9.17) is 19.0 Å². The van der Waals surface area contributed by atoms with Crippen molar-refractivity contribution in [3.05, 3.63) is 23.7 Å². The molecule has 1 aliphatic heterocycles. The molecule has 2 rings (SSSR count). The van der Waals surface area contributed by atoms with Crippen molar-refractivity contribution in [2.45, 2.75) is 51.6 Å². The van der Waals surface area contributed by atoms with E-state index in [2.05, 4.69) is 0 Å². The Hall–Kier alpha value is -1.33. The van der Waals surface area contributed by atoms with Crippen LogP contribution < -0.4 is 0 Å². The van der Waals surface area contributed by atoms with Crippen LogP contribution in [0.1, 0.15) is 42.8 Å². The normalized spacial score (nSPS) is 28.2. The first-order chi connectivity index (χ1) is 8.54. The Morgan fingerprint density at radius 3 is 2.67 bits per heavy atom. The van der Waals surface area contributed by atoms with Crippen LogP contribution in [-0.2, 0) is 16.1 Å². The number of furan rings is 1. The van der Waals surface area contributed by atoms with Gasteiger partial charge in [0.2, 0.25) is 0 Å². The first-order valence-electron chi connectivity index (χ1n) is 6.12. The van der Waals surface area contributed by atoms with Gasteiger partial charge in [-0.3, -0.25) is 0 Å². The van der Waals surface area contributed by atoms with E-state index in [0.29, 0.717) is 12.4 Å². The summed E-state index contributed by atoms with van der Waals surface area (Å²) in [6.45, 7) is 4.36. The molecular formula is C13H18O5. The van der Waals surface area contributed by atoms with E-state index in [0.717, 1.165) is 12.8 Å². The molecule has 1 aromatic heterocycles. The van der Waals surface area contributed by atoms with Gasteiger partial charge in [-0.2, -0.15) is 0 Å². The third-order valence-electron chi connectivity index (χ3n) is 3.02. The standard InChI is InChI=1S/C13H18O5/c1-8-3-11(4-9(2)18-8)17-7-12-5-10(6-16-12)13(14)15/h5-6,8-9,11H,3-4,7H2,1-2H3,(H,14,15). The Morgan fingerprint density at radius 2 is 2.11 bits per heavy atom. The summed E-state index contributed by atoms with van der Waals surface area (Å²) >= 11 is 0. The van der Waals surface area contributed by atoms with E-state index in [9.17, 15) is 4.79 Å². The van der Waals surface area contributed by atoms with Crippen LogP contribution in [0.5, 0.6) is 0 Å². The second kappa shape index (κ2) is 5.54. The van der Waals surface area contributed by atoms with E-state index < -0.39 is 5.97 Å². The smallest absolute Gasteiger partial charge is 0.338 e. The first kappa shape index (κ1) is 13.1. The van der Waals surface area contributed by atoms with E-state index >= 15 is 0 Å². The third kappa shape index (κ3) is 3.34. The maximum Gasteiger partial charge on any atom is 0.338 e. The maximum atomic E-state index is 10.7. The number of carboxylic acid groups (broad SMARTS) is 1. The SMILES string of the molecule is CC1CC(OCc2cc(C(=O)O)co2)CC(C)O1. The molecule has 2 unspecified atom stereocenters. The number of rotatable bonds is 4. The Labute approximate surface area is 106 Å². The van der Waals surface area contributed by atoms with Crippen LogP contribution in [0.3, 0.4) is 0 Å². The van der Waals surface area contributed by atoms with Crippen molar-refractivity contribution in [3.63, 3.8) is 0 Å². The highest BCUT2D eigenvalue weighted by Gasteiger charge is 2.25. The van der Waals surface area contributed by atoms with Crippen molar-refractivity contribution < 1.29 is 23.8 Å². The molecule has 100 valence electrons. The highest BCUT2D eigenvalue weighted by Crippen LogP contribution is 2.22. The van der Waals surface area contributed by atoms with Crippen LogP contribution >= 0.6 is 0 Å². The molecule has 0 aliphatic carbocycles. The lowest BCUT2D eigenvalue weighted by Crippen LogP contribution is -2.33. The summed E-state index contributed by atoms with van der Waals surface area (Å²) in [5.41, 5.74) is 0.155. The molecule has 1 aromatic rings. The fourth-order valence-corrected chi connectivity index (χ4v) is 2.25. The third-order valence-corrected chi connectivity index (χ3v) is 3.02. The summed E-state index contributed by atoms with van der Waals surface area (Å²) in [6.07, 6.45) is 3.49. The van der Waals surface area contributed by atoms with Gasteiger partial charge in [0, 0.05) is 0 Å². The fraction of sp³-hybridized carbons (Fsp3) is 0.615. The molecule has 5 nitrogen and oxygen atoms in total. The quantitative estimate of drug-likeness (QED) is 0.893. The van der Waals surface area contributed by atoms with Crippen LogP contribution in [0.2, 0.25) is 0 Å². The summed E-state index contributed by atoms with van der Waals surface area (Å²) in [5, 5.41) is 8.77. The molecule has 0 saturated carbocycles. The van der Waals surface area contributed by atoms with Gasteiger partial charge >= 0.3 is 5.97 Å². The van der Waals surface area contributed by atoms with E-state index in [1.165, 1.54) is 12.3 Å². The van der Waals surface area contributed by atoms with Gasteiger partial charge in [0.15, 0.2) is 0 Å². The molecular weight excluding hydrogens is 236 g/mol. The van der Waals surface area contributed by atoms with Gasteiger partial charge in [-0.25, -0.2) is 4.79 Å². The van der Waals surface area contributed by atoms with Crippen LogP contribution in [0.25, 0.3) is 0 Å². The molecule has 1 aliphatic rings. The average Bonchev–Trinajstić information content (AvgIpc) is 2.73. The molecule has 2 heterocycles. The Morgan fingerprint density at radius 1 is 1.44 bits per heavy atom. The lowest BCUT2D eigenvalue weighted by atomic mass is 10.0. The molecule has 0 spiro atoms. The summed E-state index contributed by atoms with van der Waals surface area (Å²) in [5.74, 6) is -0.447. The zero-order valence-corrected chi connectivity index (χ0v) is 10.6. The zero-order chi connectivity index (χ0) is 13.1. The van der Waals surface area contributed by atoms with E-state index in [-0.39, 0.29) is 23.9 Å². The van der Waals surface area contributed by atoms with Crippen LogP contribution in [0.4, 0.5) is 0 Å². The van der Waals surface area contributed by atoms with Crippen molar-refractivity contribution in [1.29, 1.82) is 0 Å². The lowest BCUT2D eigenvalue weighted by Gasteiger charge is -2.31. The second-order valence-corrected chi connectivity index (χ2v) is 4.77. The van der Waals surface area contributed by atoms with Gasteiger partial charge in [-0.15, -0.1) is 0 Å². The van der Waals surface area contributed by atoms with Gasteiger partial charge in [0.1, 0.15) is 18.6 Å². The first-order valence-corrected chi connectivity index (χ1v) is 6.12. The highest BCUT2D eigenvalue weighted by atomic mass is 16.5. The molecule has 5 heteroatoms. The number of aromatic carboxylic acids is 1. The number of carbonyl (C=O) groups is 1. The van der Waals surface area contributed by atoms with Crippen molar-refractivity contribution in [1.82, 2.24) is 0 Å². The van der Waals surface area contributed by atoms with Crippen molar-refractivity contribution in [2.24, 2.45) is 0 Å². The summed E-state index contributed by atoms with van der Waals surface area (Å²) in [4.78, 5) is 10.7. The molecule has 18 heavy (non-hydrogen) atoms. The molecule has 0 amide bonds. The topological polar surface area (TPSA) is 68.9 Å². The van der Waals surface area contributed by atoms with Gasteiger partial charge in [0.25, 0.3) is 0 Å². The monoisotopic (exact) mass is 254 g/mol. The lowest BCUT2D eigenvalue weighted by molar-refractivity contribution is -0.108. The molecule has 0 aromatic carbocycles. The molecule has 1 N–H and O–H groups in total. The maximum absolute atomic E-state index is 10.7. The fourth-order valence-electron chi connectivity index (χ4n) is 2.25. The second-order valence-electron chi connectivity index (χ2n) is 4.77. The Balaban J connectivity index is 1.85. The largest absolute Gasteiger partial charge is 0.478 e. The average molecular weight is 254 g/mol. The summed E-state index contributed by atoms with van der Waals surface area (Å²) in [7, 11) is 0. The predicted octanol–water partition coefficient (Wildman–Crippen LogP) is 2.45. The van der Waals surface area contributed by atoms with Crippen molar-refractivity contribution >= 4 is 5.97 Å². The van der Waals surface area contributed by atoms with Gasteiger partial charge in [0.05, 0.1) is 23.9 Å².